The molecule has 1 unspecified atom stereocenters. The molecule has 1 aromatic carbocycles. The average Bonchev–Trinajstić information content (AvgIpc) is 3.54. The van der Waals surface area contributed by atoms with E-state index in [-0.39, 0.29) is 22.9 Å². The predicted octanol–water partition coefficient (Wildman–Crippen LogP) is 4.26. The SMILES string of the molecule is CC(OC(=O)c1cccc(S(=O)(=O)NCc2cccs2)c1)c1nnc(-c2cccs2)o1. The van der Waals surface area contributed by atoms with Crippen molar-refractivity contribution in [1.82, 2.24) is 14.9 Å². The second-order valence-corrected chi connectivity index (χ2v) is 10.1. The molecule has 0 aliphatic carbocycles. The first-order valence-electron chi connectivity index (χ1n) is 9.13. The van der Waals surface area contributed by atoms with Gasteiger partial charge in [0.05, 0.1) is 15.3 Å². The lowest BCUT2D eigenvalue weighted by Gasteiger charge is -2.11. The van der Waals surface area contributed by atoms with E-state index in [0.717, 1.165) is 9.75 Å². The van der Waals surface area contributed by atoms with Crippen LogP contribution in [0.4, 0.5) is 0 Å². The van der Waals surface area contributed by atoms with Gasteiger partial charge in [-0.05, 0) is 48.0 Å². The highest BCUT2D eigenvalue weighted by Crippen LogP contribution is 2.26. The fourth-order valence-electron chi connectivity index (χ4n) is 2.63. The molecule has 3 heterocycles. The number of carbonyl (C=O) groups is 1. The number of carbonyl (C=O) groups excluding carboxylic acids is 1. The summed E-state index contributed by atoms with van der Waals surface area (Å²) in [5.41, 5.74) is 0.101. The maximum atomic E-state index is 12.6. The molecule has 4 rings (SSSR count). The van der Waals surface area contributed by atoms with Gasteiger partial charge < -0.3 is 9.15 Å². The number of nitrogens with zero attached hydrogens (tertiary/aromatic N) is 2. The topological polar surface area (TPSA) is 111 Å². The Kier molecular flexibility index (Phi) is 6.28. The largest absolute Gasteiger partial charge is 0.449 e. The van der Waals surface area contributed by atoms with E-state index in [9.17, 15) is 13.2 Å². The standard InChI is InChI=1S/C20H17N3O5S3/c1-13(18-22-23-19(28-18)17-8-4-10-30-17)27-20(24)14-5-2-7-16(11-14)31(25,26)21-12-15-6-3-9-29-15/h2-11,13,21H,12H2,1H3. The third-order valence-electron chi connectivity index (χ3n) is 4.20. The summed E-state index contributed by atoms with van der Waals surface area (Å²) in [6.07, 6.45) is -0.800. The molecule has 8 nitrogen and oxygen atoms in total. The van der Waals surface area contributed by atoms with Crippen LogP contribution in [0.5, 0.6) is 0 Å². The maximum Gasteiger partial charge on any atom is 0.338 e. The zero-order valence-electron chi connectivity index (χ0n) is 16.2. The predicted molar refractivity (Wildman–Crippen MR) is 116 cm³/mol. The van der Waals surface area contributed by atoms with Crippen LogP contribution in [0.3, 0.4) is 0 Å². The van der Waals surface area contributed by atoms with Gasteiger partial charge >= 0.3 is 5.97 Å². The van der Waals surface area contributed by atoms with Gasteiger partial charge in [-0.2, -0.15) is 0 Å². The van der Waals surface area contributed by atoms with Crippen molar-refractivity contribution in [2.75, 3.05) is 0 Å². The Morgan fingerprint density at radius 2 is 1.94 bits per heavy atom. The molecule has 11 heteroatoms. The summed E-state index contributed by atoms with van der Waals surface area (Å²) in [6, 6.07) is 13.1. The van der Waals surface area contributed by atoms with Gasteiger partial charge in [0, 0.05) is 11.4 Å². The highest BCUT2D eigenvalue weighted by molar-refractivity contribution is 7.89. The molecule has 0 saturated heterocycles. The number of nitrogens with one attached hydrogen (secondary N) is 1. The highest BCUT2D eigenvalue weighted by Gasteiger charge is 2.22. The van der Waals surface area contributed by atoms with E-state index in [1.807, 2.05) is 35.0 Å². The summed E-state index contributed by atoms with van der Waals surface area (Å²) >= 11 is 2.90. The molecule has 31 heavy (non-hydrogen) atoms. The van der Waals surface area contributed by atoms with Crippen molar-refractivity contribution in [2.45, 2.75) is 24.5 Å². The quantitative estimate of drug-likeness (QED) is 0.379. The average molecular weight is 476 g/mol. The molecule has 0 amide bonds. The van der Waals surface area contributed by atoms with E-state index in [0.29, 0.717) is 5.89 Å². The molecule has 0 radical (unpaired) electrons. The minimum atomic E-state index is -3.79. The zero-order chi connectivity index (χ0) is 21.8. The fourth-order valence-corrected chi connectivity index (χ4v) is 5.06. The monoisotopic (exact) mass is 475 g/mol. The summed E-state index contributed by atoms with van der Waals surface area (Å²) in [5.74, 6) is -0.199. The highest BCUT2D eigenvalue weighted by atomic mass is 32.2. The number of thiophene rings is 2. The van der Waals surface area contributed by atoms with Crippen LogP contribution in [-0.2, 0) is 21.3 Å². The van der Waals surface area contributed by atoms with Gasteiger partial charge in [0.1, 0.15) is 0 Å². The van der Waals surface area contributed by atoms with Crippen LogP contribution in [0, 0.1) is 0 Å². The normalized spacial score (nSPS) is 12.5. The number of esters is 1. The summed E-state index contributed by atoms with van der Waals surface area (Å²) < 4.78 is 38.6. The fraction of sp³-hybridized carbons (Fsp3) is 0.150. The summed E-state index contributed by atoms with van der Waals surface area (Å²) in [7, 11) is -3.79. The molecule has 0 fully saturated rings. The maximum absolute atomic E-state index is 12.6. The molecule has 0 aliphatic heterocycles. The number of rotatable bonds is 8. The van der Waals surface area contributed by atoms with Gasteiger partial charge in [0.25, 0.3) is 11.8 Å². The lowest BCUT2D eigenvalue weighted by molar-refractivity contribution is 0.0279. The molecule has 1 N–H and O–H groups in total. The van der Waals surface area contributed by atoms with Crippen molar-refractivity contribution in [3.05, 3.63) is 75.6 Å². The second kappa shape index (κ2) is 9.10. The van der Waals surface area contributed by atoms with Crippen molar-refractivity contribution in [3.8, 4) is 10.8 Å². The van der Waals surface area contributed by atoms with Crippen molar-refractivity contribution in [2.24, 2.45) is 0 Å². The molecule has 1 atom stereocenters. The first kappa shape index (κ1) is 21.4. The number of hydrogen-bond donors (Lipinski definition) is 1. The number of sulfonamides is 1. The molecule has 0 bridgehead atoms. The lowest BCUT2D eigenvalue weighted by Crippen LogP contribution is -2.23. The number of aromatic nitrogens is 2. The molecular weight excluding hydrogens is 458 g/mol. The van der Waals surface area contributed by atoms with E-state index in [4.69, 9.17) is 9.15 Å². The van der Waals surface area contributed by atoms with E-state index in [1.54, 1.807) is 6.92 Å². The third-order valence-corrected chi connectivity index (χ3v) is 7.33. The lowest BCUT2D eigenvalue weighted by atomic mass is 10.2. The Bertz CT molecular complexity index is 1270. The summed E-state index contributed by atoms with van der Waals surface area (Å²) in [4.78, 5) is 14.2. The first-order chi connectivity index (χ1) is 14.9. The van der Waals surface area contributed by atoms with Crippen molar-refractivity contribution in [1.29, 1.82) is 0 Å². The van der Waals surface area contributed by atoms with Crippen LogP contribution < -0.4 is 4.72 Å². The Morgan fingerprint density at radius 1 is 1.13 bits per heavy atom. The molecule has 0 spiro atoms. The summed E-state index contributed by atoms with van der Waals surface area (Å²) in [6.45, 7) is 1.78. The van der Waals surface area contributed by atoms with Gasteiger partial charge in [0.2, 0.25) is 10.0 Å². The Labute approximate surface area is 186 Å². The first-order valence-corrected chi connectivity index (χ1v) is 12.4. The van der Waals surface area contributed by atoms with E-state index in [2.05, 4.69) is 14.9 Å². The number of ether oxygens (including phenoxy) is 1. The third kappa shape index (κ3) is 5.07. The minimum Gasteiger partial charge on any atom is -0.449 e. The van der Waals surface area contributed by atoms with Crippen molar-refractivity contribution in [3.63, 3.8) is 0 Å². The number of benzene rings is 1. The molecule has 3 aromatic heterocycles. The van der Waals surface area contributed by atoms with Gasteiger partial charge in [0.15, 0.2) is 6.10 Å². The van der Waals surface area contributed by atoms with Crippen LogP contribution in [0.2, 0.25) is 0 Å². The van der Waals surface area contributed by atoms with E-state index >= 15 is 0 Å². The minimum absolute atomic E-state index is 0.0241. The molecule has 160 valence electrons. The molecule has 0 aliphatic rings. The van der Waals surface area contributed by atoms with Gasteiger partial charge in [-0.15, -0.1) is 32.9 Å². The second-order valence-electron chi connectivity index (χ2n) is 6.40. The van der Waals surface area contributed by atoms with E-state index < -0.39 is 22.1 Å². The van der Waals surface area contributed by atoms with Crippen molar-refractivity contribution >= 4 is 38.7 Å². The van der Waals surface area contributed by atoms with Crippen LogP contribution in [0.25, 0.3) is 10.8 Å². The van der Waals surface area contributed by atoms with Gasteiger partial charge in [-0.1, -0.05) is 18.2 Å². The summed E-state index contributed by atoms with van der Waals surface area (Å²) in [5, 5.41) is 11.7. The van der Waals surface area contributed by atoms with Crippen LogP contribution in [0.15, 0.2) is 68.6 Å². The van der Waals surface area contributed by atoms with Gasteiger partial charge in [-0.3, -0.25) is 0 Å². The van der Waals surface area contributed by atoms with Crippen LogP contribution in [0.1, 0.15) is 34.2 Å². The molecule has 0 saturated carbocycles. The van der Waals surface area contributed by atoms with Crippen molar-refractivity contribution < 1.29 is 22.4 Å². The Morgan fingerprint density at radius 3 is 2.68 bits per heavy atom. The zero-order valence-corrected chi connectivity index (χ0v) is 18.7. The molecular formula is C20H17N3O5S3. The number of hydrogen-bond acceptors (Lipinski definition) is 9. The Balaban J connectivity index is 1.44. The van der Waals surface area contributed by atoms with Crippen LogP contribution in [-0.4, -0.2) is 24.6 Å². The van der Waals surface area contributed by atoms with Gasteiger partial charge in [-0.25, -0.2) is 17.9 Å². The van der Waals surface area contributed by atoms with E-state index in [1.165, 1.54) is 46.9 Å². The molecule has 4 aromatic rings. The smallest absolute Gasteiger partial charge is 0.338 e. The van der Waals surface area contributed by atoms with Crippen LogP contribution >= 0.6 is 22.7 Å². The Hall–Kier alpha value is -2.86.